The van der Waals surface area contributed by atoms with Gasteiger partial charge in [-0.05, 0) is 39.8 Å². The van der Waals surface area contributed by atoms with Crippen LogP contribution in [0.25, 0.3) is 0 Å². The van der Waals surface area contributed by atoms with Crippen molar-refractivity contribution in [1.29, 1.82) is 0 Å². The van der Waals surface area contributed by atoms with Gasteiger partial charge in [-0.15, -0.1) is 0 Å². The Bertz CT molecular complexity index is 741. The maximum absolute atomic E-state index is 13.2. The molecule has 5 nitrogen and oxygen atoms in total. The van der Waals surface area contributed by atoms with Crippen LogP contribution in [0.4, 0.5) is 20.3 Å². The van der Waals surface area contributed by atoms with E-state index in [-0.39, 0.29) is 11.6 Å². The lowest BCUT2D eigenvalue weighted by Gasteiger charge is -2.20. The standard InChI is InChI=1S/C16H18F2N4O/c1-9-19-13(15(23)22-16(2,3)4)8-14(20-9)21-10-5-6-11(17)12(18)7-10/h5-8H,1-4H3,(H,22,23)(H,19,20,21). The number of aryl methyl sites for hydroxylation is 1. The van der Waals surface area contributed by atoms with E-state index in [0.717, 1.165) is 12.1 Å². The van der Waals surface area contributed by atoms with E-state index in [0.29, 0.717) is 17.3 Å². The SMILES string of the molecule is Cc1nc(Nc2ccc(F)c(F)c2)cc(C(=O)NC(C)(C)C)n1. The predicted octanol–water partition coefficient (Wildman–Crippen LogP) is 3.34. The average molecular weight is 320 g/mol. The number of hydrogen-bond acceptors (Lipinski definition) is 4. The zero-order chi connectivity index (χ0) is 17.2. The van der Waals surface area contributed by atoms with Crippen LogP contribution in [0, 0.1) is 18.6 Å². The third kappa shape index (κ3) is 4.70. The van der Waals surface area contributed by atoms with Crippen LogP contribution in [0.5, 0.6) is 0 Å². The van der Waals surface area contributed by atoms with Crippen molar-refractivity contribution in [1.82, 2.24) is 15.3 Å². The summed E-state index contributed by atoms with van der Waals surface area (Å²) < 4.78 is 26.2. The van der Waals surface area contributed by atoms with Crippen LogP contribution in [0.2, 0.25) is 0 Å². The highest BCUT2D eigenvalue weighted by atomic mass is 19.2. The van der Waals surface area contributed by atoms with E-state index in [1.54, 1.807) is 6.92 Å². The van der Waals surface area contributed by atoms with Gasteiger partial charge in [-0.1, -0.05) is 0 Å². The number of rotatable bonds is 3. The summed E-state index contributed by atoms with van der Waals surface area (Å²) in [6.07, 6.45) is 0. The number of aromatic nitrogens is 2. The lowest BCUT2D eigenvalue weighted by molar-refractivity contribution is 0.0914. The molecule has 2 rings (SSSR count). The molecule has 0 radical (unpaired) electrons. The number of nitrogens with one attached hydrogen (secondary N) is 2. The summed E-state index contributed by atoms with van der Waals surface area (Å²) in [4.78, 5) is 20.4. The van der Waals surface area contributed by atoms with Gasteiger partial charge in [-0.3, -0.25) is 4.79 Å². The van der Waals surface area contributed by atoms with Gasteiger partial charge in [0.15, 0.2) is 11.6 Å². The molecule has 7 heteroatoms. The Labute approximate surface area is 133 Å². The minimum absolute atomic E-state index is 0.192. The third-order valence-corrected chi connectivity index (χ3v) is 2.75. The molecule has 23 heavy (non-hydrogen) atoms. The van der Waals surface area contributed by atoms with Gasteiger partial charge < -0.3 is 10.6 Å². The molecule has 0 saturated heterocycles. The van der Waals surface area contributed by atoms with Crippen molar-refractivity contribution in [2.75, 3.05) is 5.32 Å². The van der Waals surface area contributed by atoms with Gasteiger partial charge in [-0.25, -0.2) is 18.7 Å². The van der Waals surface area contributed by atoms with Crippen LogP contribution in [-0.2, 0) is 0 Å². The molecule has 2 aromatic rings. The summed E-state index contributed by atoms with van der Waals surface area (Å²) >= 11 is 0. The summed E-state index contributed by atoms with van der Waals surface area (Å²) in [5.41, 5.74) is 0.116. The molecule has 1 aromatic heterocycles. The van der Waals surface area contributed by atoms with E-state index in [1.807, 2.05) is 20.8 Å². The quantitative estimate of drug-likeness (QED) is 0.910. The molecule has 0 aliphatic carbocycles. The number of nitrogens with zero attached hydrogens (tertiary/aromatic N) is 2. The molecule has 0 bridgehead atoms. The van der Waals surface area contributed by atoms with E-state index in [1.165, 1.54) is 12.1 Å². The second-order valence-corrected chi connectivity index (χ2v) is 6.14. The average Bonchev–Trinajstić information content (AvgIpc) is 2.40. The second kappa shape index (κ2) is 6.28. The highest BCUT2D eigenvalue weighted by molar-refractivity contribution is 5.93. The molecule has 0 atom stereocenters. The third-order valence-electron chi connectivity index (χ3n) is 2.75. The molecule has 0 fully saturated rings. The Morgan fingerprint density at radius 2 is 1.78 bits per heavy atom. The predicted molar refractivity (Wildman–Crippen MR) is 83.6 cm³/mol. The van der Waals surface area contributed by atoms with Crippen molar-refractivity contribution in [2.45, 2.75) is 33.2 Å². The van der Waals surface area contributed by atoms with Crippen molar-refractivity contribution in [3.63, 3.8) is 0 Å². The molecular weight excluding hydrogens is 302 g/mol. The topological polar surface area (TPSA) is 66.9 Å². The molecular formula is C16H18F2N4O. The summed E-state index contributed by atoms with van der Waals surface area (Å²) in [5.74, 6) is -1.53. The number of anilines is 2. The lowest BCUT2D eigenvalue weighted by atomic mass is 10.1. The maximum Gasteiger partial charge on any atom is 0.270 e. The molecule has 0 saturated carbocycles. The number of carbonyl (C=O) groups excluding carboxylic acids is 1. The van der Waals surface area contributed by atoms with E-state index < -0.39 is 17.2 Å². The summed E-state index contributed by atoms with van der Waals surface area (Å²) in [7, 11) is 0. The Hall–Kier alpha value is -2.57. The first-order valence-electron chi connectivity index (χ1n) is 7.04. The van der Waals surface area contributed by atoms with Crippen molar-refractivity contribution < 1.29 is 13.6 Å². The normalized spacial score (nSPS) is 11.2. The molecule has 0 aliphatic heterocycles. The van der Waals surface area contributed by atoms with Crippen molar-refractivity contribution in [2.24, 2.45) is 0 Å². The van der Waals surface area contributed by atoms with Gasteiger partial charge in [-0.2, -0.15) is 0 Å². The van der Waals surface area contributed by atoms with Crippen molar-refractivity contribution in [3.05, 3.63) is 47.4 Å². The monoisotopic (exact) mass is 320 g/mol. The Kier molecular flexibility index (Phi) is 4.58. The van der Waals surface area contributed by atoms with Crippen LogP contribution < -0.4 is 10.6 Å². The largest absolute Gasteiger partial charge is 0.346 e. The zero-order valence-corrected chi connectivity index (χ0v) is 13.4. The van der Waals surface area contributed by atoms with Gasteiger partial charge in [0.2, 0.25) is 0 Å². The van der Waals surface area contributed by atoms with Gasteiger partial charge in [0.25, 0.3) is 5.91 Å². The highest BCUT2D eigenvalue weighted by Gasteiger charge is 2.17. The maximum atomic E-state index is 13.2. The molecule has 1 aromatic carbocycles. The lowest BCUT2D eigenvalue weighted by Crippen LogP contribution is -2.41. The van der Waals surface area contributed by atoms with Crippen LogP contribution in [0.3, 0.4) is 0 Å². The Morgan fingerprint density at radius 1 is 1.09 bits per heavy atom. The molecule has 1 heterocycles. The van der Waals surface area contributed by atoms with E-state index >= 15 is 0 Å². The first-order valence-corrected chi connectivity index (χ1v) is 7.04. The van der Waals surface area contributed by atoms with E-state index in [4.69, 9.17) is 0 Å². The molecule has 0 spiro atoms. The van der Waals surface area contributed by atoms with Crippen molar-refractivity contribution in [3.8, 4) is 0 Å². The first-order chi connectivity index (χ1) is 10.6. The minimum atomic E-state index is -0.966. The number of halogens is 2. The molecule has 2 N–H and O–H groups in total. The second-order valence-electron chi connectivity index (χ2n) is 6.14. The fourth-order valence-corrected chi connectivity index (χ4v) is 1.87. The molecule has 0 unspecified atom stereocenters. The molecule has 1 amide bonds. The van der Waals surface area contributed by atoms with Crippen molar-refractivity contribution >= 4 is 17.4 Å². The number of hydrogen-bond donors (Lipinski definition) is 2. The van der Waals surface area contributed by atoms with Gasteiger partial charge in [0.1, 0.15) is 17.3 Å². The number of benzene rings is 1. The number of carbonyl (C=O) groups is 1. The van der Waals surface area contributed by atoms with Crippen LogP contribution in [0.1, 0.15) is 37.1 Å². The van der Waals surface area contributed by atoms with E-state index in [9.17, 15) is 13.6 Å². The van der Waals surface area contributed by atoms with Crippen LogP contribution in [-0.4, -0.2) is 21.4 Å². The van der Waals surface area contributed by atoms with Crippen LogP contribution >= 0.6 is 0 Å². The summed E-state index contributed by atoms with van der Waals surface area (Å²) in [5, 5.41) is 5.64. The molecule has 0 aliphatic rings. The summed E-state index contributed by atoms with van der Waals surface area (Å²) in [6, 6.07) is 4.86. The van der Waals surface area contributed by atoms with Gasteiger partial charge in [0, 0.05) is 23.4 Å². The fourth-order valence-electron chi connectivity index (χ4n) is 1.87. The Balaban J connectivity index is 2.26. The fraction of sp³-hybridized carbons (Fsp3) is 0.312. The zero-order valence-electron chi connectivity index (χ0n) is 13.4. The number of amides is 1. The minimum Gasteiger partial charge on any atom is -0.346 e. The van der Waals surface area contributed by atoms with E-state index in [2.05, 4.69) is 20.6 Å². The van der Waals surface area contributed by atoms with Gasteiger partial charge in [0.05, 0.1) is 0 Å². The smallest absolute Gasteiger partial charge is 0.270 e. The first kappa shape index (κ1) is 16.8. The van der Waals surface area contributed by atoms with Gasteiger partial charge >= 0.3 is 0 Å². The molecule has 122 valence electrons. The van der Waals surface area contributed by atoms with Crippen LogP contribution in [0.15, 0.2) is 24.3 Å². The highest BCUT2D eigenvalue weighted by Crippen LogP contribution is 2.18. The Morgan fingerprint density at radius 3 is 2.39 bits per heavy atom. The summed E-state index contributed by atoms with van der Waals surface area (Å²) in [6.45, 7) is 7.22.